The van der Waals surface area contributed by atoms with Crippen molar-refractivity contribution in [1.29, 1.82) is 0 Å². The van der Waals surface area contributed by atoms with Gasteiger partial charge in [-0.2, -0.15) is 0 Å². The molecular formula is C11H15NO4. The fourth-order valence-corrected chi connectivity index (χ4v) is 2.35. The highest BCUT2D eigenvalue weighted by Crippen LogP contribution is 2.33. The molecule has 2 amide bonds. The lowest BCUT2D eigenvalue weighted by Crippen LogP contribution is -2.36. The summed E-state index contributed by atoms with van der Waals surface area (Å²) in [4.78, 5) is 35.8. The number of imide groups is 1. The molecule has 0 spiro atoms. The molecule has 0 aromatic rings. The smallest absolute Gasteiger partial charge is 0.232 e. The van der Waals surface area contributed by atoms with Crippen LogP contribution < -0.4 is 0 Å². The first-order chi connectivity index (χ1) is 7.44. The average molecular weight is 225 g/mol. The predicted octanol–water partition coefficient (Wildman–Crippen LogP) is 0.129. The number of carbonyl (C=O) groups is 3. The van der Waals surface area contributed by atoms with Gasteiger partial charge in [-0.1, -0.05) is 0 Å². The maximum absolute atomic E-state index is 11.7. The van der Waals surface area contributed by atoms with Crippen LogP contribution in [0.3, 0.4) is 0 Å². The van der Waals surface area contributed by atoms with Crippen LogP contribution in [0.4, 0.5) is 0 Å². The van der Waals surface area contributed by atoms with Crippen molar-refractivity contribution in [1.82, 2.24) is 4.90 Å². The van der Waals surface area contributed by atoms with Crippen LogP contribution in [0, 0.1) is 5.92 Å². The van der Waals surface area contributed by atoms with Crippen LogP contribution in [0.1, 0.15) is 26.2 Å². The molecular weight excluding hydrogens is 210 g/mol. The summed E-state index contributed by atoms with van der Waals surface area (Å²) in [5.41, 5.74) is -0.869. The minimum absolute atomic E-state index is 0.0299. The van der Waals surface area contributed by atoms with Gasteiger partial charge in [0.15, 0.2) is 5.78 Å². The third-order valence-electron chi connectivity index (χ3n) is 3.45. The molecule has 0 bridgehead atoms. The first kappa shape index (κ1) is 11.3. The molecule has 5 heteroatoms. The van der Waals surface area contributed by atoms with Crippen molar-refractivity contribution >= 4 is 17.6 Å². The Morgan fingerprint density at radius 2 is 2.12 bits per heavy atom. The lowest BCUT2D eigenvalue weighted by Gasteiger charge is -2.23. The van der Waals surface area contributed by atoms with Crippen LogP contribution in [0.5, 0.6) is 0 Å². The van der Waals surface area contributed by atoms with E-state index >= 15 is 0 Å². The highest BCUT2D eigenvalue weighted by atomic mass is 16.5. The van der Waals surface area contributed by atoms with Crippen LogP contribution >= 0.6 is 0 Å². The Balaban J connectivity index is 2.08. The molecule has 0 radical (unpaired) electrons. The van der Waals surface area contributed by atoms with Gasteiger partial charge in [0, 0.05) is 19.9 Å². The molecule has 2 saturated heterocycles. The first-order valence-corrected chi connectivity index (χ1v) is 5.42. The second-order valence-electron chi connectivity index (χ2n) is 4.65. The van der Waals surface area contributed by atoms with Gasteiger partial charge in [-0.05, 0) is 13.3 Å². The van der Waals surface area contributed by atoms with Crippen LogP contribution in [-0.4, -0.2) is 41.8 Å². The maximum atomic E-state index is 11.7. The highest BCUT2D eigenvalue weighted by molar-refractivity contribution is 6.03. The second-order valence-corrected chi connectivity index (χ2v) is 4.65. The van der Waals surface area contributed by atoms with E-state index in [0.717, 1.165) is 4.90 Å². The zero-order valence-corrected chi connectivity index (χ0v) is 9.49. The number of ether oxygens (including phenoxy) is 1. The second kappa shape index (κ2) is 3.66. The van der Waals surface area contributed by atoms with E-state index in [1.54, 1.807) is 6.92 Å². The lowest BCUT2D eigenvalue weighted by atomic mass is 9.88. The van der Waals surface area contributed by atoms with Crippen molar-refractivity contribution in [2.75, 3.05) is 13.7 Å². The Labute approximate surface area is 93.7 Å². The normalized spacial score (nSPS) is 35.2. The molecule has 2 unspecified atom stereocenters. The number of hydrogen-bond donors (Lipinski definition) is 0. The number of amides is 2. The summed E-state index contributed by atoms with van der Waals surface area (Å²) in [7, 11) is 1.48. The number of nitrogens with zero attached hydrogens (tertiary/aromatic N) is 1. The standard InChI is InChI=1S/C11H15NO4/c1-11(8(13)3-4-16-11)6-7-5-9(14)12(2)10(7)15/h7H,3-6H2,1-2H3. The predicted molar refractivity (Wildman–Crippen MR) is 54.5 cm³/mol. The molecule has 0 aliphatic carbocycles. The largest absolute Gasteiger partial charge is 0.367 e. The quantitative estimate of drug-likeness (QED) is 0.627. The van der Waals surface area contributed by atoms with Crippen molar-refractivity contribution in [3.05, 3.63) is 0 Å². The molecule has 2 aliphatic rings. The van der Waals surface area contributed by atoms with E-state index in [1.807, 2.05) is 0 Å². The van der Waals surface area contributed by atoms with Gasteiger partial charge in [-0.25, -0.2) is 0 Å². The third kappa shape index (κ3) is 1.65. The minimum Gasteiger partial charge on any atom is -0.367 e. The van der Waals surface area contributed by atoms with Gasteiger partial charge in [0.05, 0.1) is 12.5 Å². The van der Waals surface area contributed by atoms with Gasteiger partial charge >= 0.3 is 0 Å². The monoisotopic (exact) mass is 225 g/mol. The Hall–Kier alpha value is -1.23. The van der Waals surface area contributed by atoms with Gasteiger partial charge in [0.1, 0.15) is 5.60 Å². The van der Waals surface area contributed by atoms with Gasteiger partial charge < -0.3 is 4.74 Å². The molecule has 2 atom stereocenters. The Morgan fingerprint density at radius 3 is 2.56 bits per heavy atom. The van der Waals surface area contributed by atoms with Crippen LogP contribution in [0.15, 0.2) is 0 Å². The number of likely N-dealkylation sites (tertiary alicyclic amines) is 1. The number of ketones is 1. The SMILES string of the molecule is CN1C(=O)CC(CC2(C)OCCC2=O)C1=O. The summed E-state index contributed by atoms with van der Waals surface area (Å²) < 4.78 is 5.40. The van der Waals surface area contributed by atoms with E-state index in [2.05, 4.69) is 0 Å². The summed E-state index contributed by atoms with van der Waals surface area (Å²) in [5, 5.41) is 0. The minimum atomic E-state index is -0.869. The van der Waals surface area contributed by atoms with Gasteiger partial charge in [-0.15, -0.1) is 0 Å². The topological polar surface area (TPSA) is 63.7 Å². The Bertz CT molecular complexity index is 365. The zero-order valence-electron chi connectivity index (χ0n) is 9.49. The zero-order chi connectivity index (χ0) is 11.9. The van der Waals surface area contributed by atoms with Gasteiger partial charge in [0.25, 0.3) is 0 Å². The molecule has 0 saturated carbocycles. The summed E-state index contributed by atoms with van der Waals surface area (Å²) in [6.45, 7) is 2.12. The van der Waals surface area contributed by atoms with Crippen LogP contribution in [-0.2, 0) is 19.1 Å². The van der Waals surface area contributed by atoms with Crippen molar-refractivity contribution in [3.63, 3.8) is 0 Å². The summed E-state index contributed by atoms with van der Waals surface area (Å²) >= 11 is 0. The van der Waals surface area contributed by atoms with Gasteiger partial charge in [-0.3, -0.25) is 19.3 Å². The molecule has 0 N–H and O–H groups in total. The molecule has 2 aliphatic heterocycles. The third-order valence-corrected chi connectivity index (χ3v) is 3.45. The Morgan fingerprint density at radius 1 is 1.44 bits per heavy atom. The van der Waals surface area contributed by atoms with Crippen LogP contribution in [0.25, 0.3) is 0 Å². The molecule has 2 fully saturated rings. The molecule has 2 rings (SSSR count). The molecule has 2 heterocycles. The molecule has 0 aromatic carbocycles. The lowest BCUT2D eigenvalue weighted by molar-refractivity contribution is -0.139. The van der Waals surface area contributed by atoms with E-state index in [9.17, 15) is 14.4 Å². The van der Waals surface area contributed by atoms with Gasteiger partial charge in [0.2, 0.25) is 11.8 Å². The van der Waals surface area contributed by atoms with E-state index in [0.29, 0.717) is 19.4 Å². The number of carbonyl (C=O) groups excluding carboxylic acids is 3. The fraction of sp³-hybridized carbons (Fsp3) is 0.727. The van der Waals surface area contributed by atoms with Crippen LogP contribution in [0.2, 0.25) is 0 Å². The molecule has 5 nitrogen and oxygen atoms in total. The summed E-state index contributed by atoms with van der Waals surface area (Å²) in [6, 6.07) is 0. The number of hydrogen-bond acceptors (Lipinski definition) is 4. The fourth-order valence-electron chi connectivity index (χ4n) is 2.35. The van der Waals surface area contributed by atoms with Crippen molar-refractivity contribution < 1.29 is 19.1 Å². The Kier molecular flexibility index (Phi) is 2.58. The first-order valence-electron chi connectivity index (χ1n) is 5.42. The van der Waals surface area contributed by atoms with Crippen molar-refractivity contribution in [2.45, 2.75) is 31.8 Å². The number of rotatable bonds is 2. The summed E-state index contributed by atoms with van der Waals surface area (Å²) in [6.07, 6.45) is 0.920. The van der Waals surface area contributed by atoms with Crippen molar-refractivity contribution in [2.24, 2.45) is 5.92 Å². The average Bonchev–Trinajstić information content (AvgIpc) is 2.65. The molecule has 0 aromatic heterocycles. The molecule has 16 heavy (non-hydrogen) atoms. The maximum Gasteiger partial charge on any atom is 0.232 e. The van der Waals surface area contributed by atoms with E-state index in [4.69, 9.17) is 4.74 Å². The summed E-state index contributed by atoms with van der Waals surface area (Å²) in [5.74, 6) is -0.745. The number of Topliss-reactive ketones (excluding diaryl/α,β-unsaturated/α-hetero) is 1. The van der Waals surface area contributed by atoms with E-state index in [1.165, 1.54) is 7.05 Å². The molecule has 88 valence electrons. The van der Waals surface area contributed by atoms with E-state index < -0.39 is 11.5 Å². The van der Waals surface area contributed by atoms with E-state index in [-0.39, 0.29) is 24.0 Å². The highest BCUT2D eigenvalue weighted by Gasteiger charge is 2.46. The van der Waals surface area contributed by atoms with Crippen molar-refractivity contribution in [3.8, 4) is 0 Å².